The van der Waals surface area contributed by atoms with Crippen molar-refractivity contribution in [1.29, 1.82) is 0 Å². The lowest BCUT2D eigenvalue weighted by Crippen LogP contribution is -2.44. The summed E-state index contributed by atoms with van der Waals surface area (Å²) in [6, 6.07) is 1.37. The molecule has 0 aliphatic carbocycles. The van der Waals surface area contributed by atoms with Gasteiger partial charge in [-0.3, -0.25) is 9.48 Å². The number of hydrogen-bond donors (Lipinski definition) is 2. The molecule has 1 aliphatic heterocycles. The van der Waals surface area contributed by atoms with Crippen LogP contribution in [-0.2, 0) is 6.54 Å². The third-order valence-electron chi connectivity index (χ3n) is 3.73. The third-order valence-corrected chi connectivity index (χ3v) is 3.73. The van der Waals surface area contributed by atoms with Crippen LogP contribution >= 0.6 is 0 Å². The summed E-state index contributed by atoms with van der Waals surface area (Å²) in [6.07, 6.45) is -3.94. The van der Waals surface area contributed by atoms with E-state index >= 15 is 0 Å². The third kappa shape index (κ3) is 3.96. The van der Waals surface area contributed by atoms with Crippen molar-refractivity contribution in [1.82, 2.24) is 20.4 Å². The number of carbonyl (C=O) groups is 1. The van der Waals surface area contributed by atoms with Crippen molar-refractivity contribution in [3.8, 4) is 0 Å². The van der Waals surface area contributed by atoms with Crippen molar-refractivity contribution in [2.45, 2.75) is 39.0 Å². The number of hydrogen-bond acceptors (Lipinski definition) is 3. The second-order valence-electron chi connectivity index (χ2n) is 5.95. The molecular weight excluding hydrogens is 285 g/mol. The molecule has 0 spiro atoms. The molecular formula is C13H19F3N4O. The molecule has 118 valence electrons. The fourth-order valence-corrected chi connectivity index (χ4v) is 2.35. The van der Waals surface area contributed by atoms with Gasteiger partial charge in [-0.2, -0.15) is 18.3 Å². The maximum Gasteiger partial charge on any atom is 0.390 e. The molecule has 0 radical (unpaired) electrons. The Morgan fingerprint density at radius 2 is 2.29 bits per heavy atom. The van der Waals surface area contributed by atoms with Gasteiger partial charge >= 0.3 is 6.18 Å². The number of carbonyl (C=O) groups excluding carboxylic acids is 1. The van der Waals surface area contributed by atoms with Crippen LogP contribution in [0.15, 0.2) is 12.3 Å². The van der Waals surface area contributed by atoms with E-state index in [-0.39, 0.29) is 23.7 Å². The van der Waals surface area contributed by atoms with E-state index in [1.165, 1.54) is 12.3 Å². The van der Waals surface area contributed by atoms with Gasteiger partial charge in [0.1, 0.15) is 5.69 Å². The van der Waals surface area contributed by atoms with Gasteiger partial charge in [-0.1, -0.05) is 13.8 Å². The topological polar surface area (TPSA) is 58.9 Å². The zero-order valence-corrected chi connectivity index (χ0v) is 12.0. The Morgan fingerprint density at radius 3 is 2.86 bits per heavy atom. The standard InChI is InChI=1S/C13H19F3N4O/c1-12(2)8-17-7-10(12)19-11(21)9-3-5-18-20(9)6-4-13(14,15)16/h3,5,10,17H,4,6-8H2,1-2H3,(H,19,21). The van der Waals surface area contributed by atoms with Gasteiger partial charge in [0.2, 0.25) is 0 Å². The average molecular weight is 304 g/mol. The van der Waals surface area contributed by atoms with Crippen LogP contribution in [0.1, 0.15) is 30.8 Å². The number of amides is 1. The van der Waals surface area contributed by atoms with Gasteiger partial charge in [0, 0.05) is 25.3 Å². The summed E-state index contributed by atoms with van der Waals surface area (Å²) >= 11 is 0. The van der Waals surface area contributed by atoms with Crippen LogP contribution in [-0.4, -0.2) is 41.0 Å². The van der Waals surface area contributed by atoms with Crippen LogP contribution in [0.4, 0.5) is 13.2 Å². The van der Waals surface area contributed by atoms with E-state index in [4.69, 9.17) is 0 Å². The average Bonchev–Trinajstić information content (AvgIpc) is 2.93. The number of halogens is 3. The molecule has 1 aliphatic rings. The first-order valence-corrected chi connectivity index (χ1v) is 6.79. The molecule has 1 amide bonds. The molecule has 1 unspecified atom stereocenters. The molecule has 1 atom stereocenters. The van der Waals surface area contributed by atoms with E-state index in [0.717, 1.165) is 11.2 Å². The highest BCUT2D eigenvalue weighted by atomic mass is 19.4. The summed E-state index contributed by atoms with van der Waals surface area (Å²) < 4.78 is 37.9. The highest BCUT2D eigenvalue weighted by molar-refractivity contribution is 5.92. The van der Waals surface area contributed by atoms with Crippen LogP contribution < -0.4 is 10.6 Å². The molecule has 2 N–H and O–H groups in total. The number of nitrogens with one attached hydrogen (secondary N) is 2. The minimum absolute atomic E-state index is 0.0593. The van der Waals surface area contributed by atoms with E-state index in [0.29, 0.717) is 6.54 Å². The van der Waals surface area contributed by atoms with Gasteiger partial charge in [-0.05, 0) is 11.5 Å². The lowest BCUT2D eigenvalue weighted by Gasteiger charge is -2.26. The van der Waals surface area contributed by atoms with Crippen LogP contribution in [0, 0.1) is 5.41 Å². The molecule has 5 nitrogen and oxygen atoms in total. The Bertz CT molecular complexity index is 510. The quantitative estimate of drug-likeness (QED) is 0.887. The highest BCUT2D eigenvalue weighted by Gasteiger charge is 2.36. The normalized spacial score (nSPS) is 21.5. The Morgan fingerprint density at radius 1 is 1.57 bits per heavy atom. The van der Waals surface area contributed by atoms with Crippen LogP contribution in [0.3, 0.4) is 0 Å². The SMILES string of the molecule is CC1(C)CNCC1NC(=O)c1ccnn1CCC(F)(F)F. The molecule has 0 saturated carbocycles. The Hall–Kier alpha value is -1.57. The van der Waals surface area contributed by atoms with Crippen molar-refractivity contribution in [2.75, 3.05) is 13.1 Å². The van der Waals surface area contributed by atoms with Crippen molar-refractivity contribution in [3.05, 3.63) is 18.0 Å². The fourth-order valence-electron chi connectivity index (χ4n) is 2.35. The minimum Gasteiger partial charge on any atom is -0.346 e. The first kappa shape index (κ1) is 15.8. The second kappa shape index (κ2) is 5.67. The molecule has 1 aromatic heterocycles. The molecule has 2 rings (SSSR count). The van der Waals surface area contributed by atoms with E-state index in [1.807, 2.05) is 13.8 Å². The van der Waals surface area contributed by atoms with Crippen molar-refractivity contribution in [3.63, 3.8) is 0 Å². The van der Waals surface area contributed by atoms with Gasteiger partial charge in [-0.15, -0.1) is 0 Å². The fraction of sp³-hybridized carbons (Fsp3) is 0.692. The smallest absolute Gasteiger partial charge is 0.346 e. The van der Waals surface area contributed by atoms with E-state index in [2.05, 4.69) is 15.7 Å². The summed E-state index contributed by atoms with van der Waals surface area (Å²) in [6.45, 7) is 5.13. The number of rotatable bonds is 4. The zero-order valence-electron chi connectivity index (χ0n) is 12.0. The number of alkyl halides is 3. The van der Waals surface area contributed by atoms with Crippen LogP contribution in [0.5, 0.6) is 0 Å². The number of nitrogens with zero attached hydrogens (tertiary/aromatic N) is 2. The van der Waals surface area contributed by atoms with E-state index in [9.17, 15) is 18.0 Å². The maximum absolute atomic E-state index is 12.3. The van der Waals surface area contributed by atoms with Gasteiger partial charge in [0.15, 0.2) is 0 Å². The van der Waals surface area contributed by atoms with Crippen molar-refractivity contribution in [2.24, 2.45) is 5.41 Å². The second-order valence-corrected chi connectivity index (χ2v) is 5.95. The van der Waals surface area contributed by atoms with E-state index < -0.39 is 18.5 Å². The Kier molecular flexibility index (Phi) is 4.27. The minimum atomic E-state index is -4.27. The molecule has 1 fully saturated rings. The van der Waals surface area contributed by atoms with Crippen molar-refractivity contribution < 1.29 is 18.0 Å². The van der Waals surface area contributed by atoms with Crippen LogP contribution in [0.25, 0.3) is 0 Å². The maximum atomic E-state index is 12.3. The molecule has 2 heterocycles. The molecule has 1 aromatic rings. The predicted octanol–water partition coefficient (Wildman–Crippen LogP) is 1.56. The molecule has 1 saturated heterocycles. The lowest BCUT2D eigenvalue weighted by molar-refractivity contribution is -0.137. The summed E-state index contributed by atoms with van der Waals surface area (Å²) in [5.41, 5.74) is 0.0638. The van der Waals surface area contributed by atoms with Gasteiger partial charge in [0.05, 0.1) is 13.0 Å². The summed E-state index contributed by atoms with van der Waals surface area (Å²) in [7, 11) is 0. The number of aromatic nitrogens is 2. The van der Waals surface area contributed by atoms with E-state index in [1.54, 1.807) is 0 Å². The zero-order chi connectivity index (χ0) is 15.7. The Balaban J connectivity index is 2.02. The molecule has 21 heavy (non-hydrogen) atoms. The lowest BCUT2D eigenvalue weighted by atomic mass is 9.88. The largest absolute Gasteiger partial charge is 0.390 e. The van der Waals surface area contributed by atoms with Gasteiger partial charge in [0.25, 0.3) is 5.91 Å². The molecule has 0 bridgehead atoms. The van der Waals surface area contributed by atoms with Crippen molar-refractivity contribution >= 4 is 5.91 Å². The molecule has 8 heteroatoms. The number of aryl methyl sites for hydroxylation is 1. The summed E-state index contributed by atoms with van der Waals surface area (Å²) in [5, 5.41) is 9.84. The summed E-state index contributed by atoms with van der Waals surface area (Å²) in [4.78, 5) is 12.2. The predicted molar refractivity (Wildman–Crippen MR) is 70.8 cm³/mol. The monoisotopic (exact) mass is 304 g/mol. The van der Waals surface area contributed by atoms with Crippen LogP contribution in [0.2, 0.25) is 0 Å². The summed E-state index contributed by atoms with van der Waals surface area (Å²) in [5.74, 6) is -0.392. The first-order valence-electron chi connectivity index (χ1n) is 6.79. The van der Waals surface area contributed by atoms with Gasteiger partial charge < -0.3 is 10.6 Å². The van der Waals surface area contributed by atoms with Gasteiger partial charge in [-0.25, -0.2) is 0 Å². The first-order chi connectivity index (χ1) is 9.69. The molecule has 0 aromatic carbocycles. The Labute approximate surface area is 120 Å². The highest BCUT2D eigenvalue weighted by Crippen LogP contribution is 2.24.